The Bertz CT molecular complexity index is 534. The van der Waals surface area contributed by atoms with Crippen molar-refractivity contribution in [2.75, 3.05) is 19.6 Å². The molecule has 0 bridgehead atoms. The number of imide groups is 1. The molecular weight excluding hydrogens is 270 g/mol. The summed E-state index contributed by atoms with van der Waals surface area (Å²) in [6.07, 6.45) is 0. The quantitative estimate of drug-likeness (QED) is 0.800. The third-order valence-electron chi connectivity index (χ3n) is 3.17. The lowest BCUT2D eigenvalue weighted by Crippen LogP contribution is -2.42. The van der Waals surface area contributed by atoms with Crippen molar-refractivity contribution in [3.05, 3.63) is 35.4 Å². The molecular formula is C15H19N3O3. The second-order valence-electron chi connectivity index (χ2n) is 5.34. The fraction of sp³-hybridized carbons (Fsp3) is 0.400. The average Bonchev–Trinajstić information content (AvgIpc) is 2.70. The molecule has 1 aliphatic rings. The van der Waals surface area contributed by atoms with Gasteiger partial charge >= 0.3 is 6.03 Å². The van der Waals surface area contributed by atoms with E-state index < -0.39 is 0 Å². The van der Waals surface area contributed by atoms with E-state index in [4.69, 9.17) is 0 Å². The molecule has 0 unspecified atom stereocenters. The van der Waals surface area contributed by atoms with Crippen LogP contribution in [0.2, 0.25) is 0 Å². The van der Waals surface area contributed by atoms with Gasteiger partial charge in [-0.1, -0.05) is 26.0 Å². The molecule has 112 valence electrons. The van der Waals surface area contributed by atoms with E-state index in [0.29, 0.717) is 23.6 Å². The van der Waals surface area contributed by atoms with E-state index >= 15 is 0 Å². The maximum absolute atomic E-state index is 12.1. The normalized spacial score (nSPS) is 13.6. The summed E-state index contributed by atoms with van der Waals surface area (Å²) in [5.41, 5.74) is 0.846. The van der Waals surface area contributed by atoms with Crippen LogP contribution in [-0.4, -0.2) is 42.4 Å². The fourth-order valence-electron chi connectivity index (χ4n) is 2.08. The average molecular weight is 289 g/mol. The Morgan fingerprint density at radius 1 is 1.10 bits per heavy atom. The van der Waals surface area contributed by atoms with Gasteiger partial charge in [0, 0.05) is 19.6 Å². The Hall–Kier alpha value is -2.37. The van der Waals surface area contributed by atoms with Gasteiger partial charge in [-0.2, -0.15) is 0 Å². The first kappa shape index (κ1) is 15.0. The van der Waals surface area contributed by atoms with E-state index in [2.05, 4.69) is 10.6 Å². The van der Waals surface area contributed by atoms with Crippen molar-refractivity contribution in [2.45, 2.75) is 13.8 Å². The molecule has 4 amide bonds. The maximum atomic E-state index is 12.1. The molecule has 2 N–H and O–H groups in total. The van der Waals surface area contributed by atoms with Gasteiger partial charge in [-0.3, -0.25) is 14.5 Å². The van der Waals surface area contributed by atoms with Crippen molar-refractivity contribution in [3.8, 4) is 0 Å². The molecule has 0 spiro atoms. The first-order valence-corrected chi connectivity index (χ1v) is 6.97. The molecule has 0 aliphatic carbocycles. The summed E-state index contributed by atoms with van der Waals surface area (Å²) >= 11 is 0. The van der Waals surface area contributed by atoms with E-state index in [0.717, 1.165) is 4.90 Å². The van der Waals surface area contributed by atoms with Crippen LogP contribution < -0.4 is 10.6 Å². The minimum absolute atomic E-state index is 0.168. The second-order valence-corrected chi connectivity index (χ2v) is 5.34. The topological polar surface area (TPSA) is 78.5 Å². The summed E-state index contributed by atoms with van der Waals surface area (Å²) < 4.78 is 0. The maximum Gasteiger partial charge on any atom is 0.314 e. The number of nitrogens with zero attached hydrogens (tertiary/aromatic N) is 1. The van der Waals surface area contributed by atoms with Gasteiger partial charge in [0.2, 0.25) is 0 Å². The molecule has 0 radical (unpaired) electrons. The fourth-order valence-corrected chi connectivity index (χ4v) is 2.08. The smallest absolute Gasteiger partial charge is 0.314 e. The molecule has 6 heteroatoms. The summed E-state index contributed by atoms with van der Waals surface area (Å²) in [6.45, 7) is 4.98. The molecule has 1 heterocycles. The molecule has 0 saturated heterocycles. The molecule has 0 atom stereocenters. The van der Waals surface area contributed by atoms with E-state index in [-0.39, 0.29) is 30.9 Å². The zero-order valence-electron chi connectivity index (χ0n) is 12.2. The van der Waals surface area contributed by atoms with Crippen LogP contribution in [0.4, 0.5) is 4.79 Å². The highest BCUT2D eigenvalue weighted by Gasteiger charge is 2.34. The minimum atomic E-state index is -0.306. The lowest BCUT2D eigenvalue weighted by Gasteiger charge is -2.15. The Labute approximate surface area is 123 Å². The summed E-state index contributed by atoms with van der Waals surface area (Å²) in [4.78, 5) is 36.8. The van der Waals surface area contributed by atoms with Crippen molar-refractivity contribution in [3.63, 3.8) is 0 Å². The van der Waals surface area contributed by atoms with Crippen LogP contribution in [0, 0.1) is 5.92 Å². The third-order valence-corrected chi connectivity index (χ3v) is 3.17. The number of nitrogens with one attached hydrogen (secondary N) is 2. The van der Waals surface area contributed by atoms with Crippen LogP contribution in [0.25, 0.3) is 0 Å². The third kappa shape index (κ3) is 3.39. The number of urea groups is 1. The van der Waals surface area contributed by atoms with Crippen molar-refractivity contribution < 1.29 is 14.4 Å². The SMILES string of the molecule is CC(C)CNC(=O)NCCN1C(=O)c2ccccc2C1=O. The number of carbonyl (C=O) groups is 3. The Morgan fingerprint density at radius 3 is 2.19 bits per heavy atom. The lowest BCUT2D eigenvalue weighted by atomic mass is 10.1. The first-order chi connectivity index (χ1) is 10.0. The highest BCUT2D eigenvalue weighted by molar-refractivity contribution is 6.21. The number of benzene rings is 1. The van der Waals surface area contributed by atoms with Gasteiger partial charge in [0.05, 0.1) is 11.1 Å². The molecule has 0 aromatic heterocycles. The van der Waals surface area contributed by atoms with Gasteiger partial charge in [0.15, 0.2) is 0 Å². The van der Waals surface area contributed by atoms with Gasteiger partial charge in [-0.25, -0.2) is 4.79 Å². The van der Waals surface area contributed by atoms with Gasteiger partial charge in [0.25, 0.3) is 11.8 Å². The highest BCUT2D eigenvalue weighted by atomic mass is 16.2. The zero-order valence-corrected chi connectivity index (χ0v) is 12.2. The molecule has 0 saturated carbocycles. The van der Waals surface area contributed by atoms with E-state index in [1.165, 1.54) is 0 Å². The summed E-state index contributed by atoms with van der Waals surface area (Å²) in [5.74, 6) is -0.244. The van der Waals surface area contributed by atoms with Crippen LogP contribution in [0.5, 0.6) is 0 Å². The predicted octanol–water partition coefficient (Wildman–Crippen LogP) is 1.24. The van der Waals surface area contributed by atoms with E-state index in [9.17, 15) is 14.4 Å². The van der Waals surface area contributed by atoms with Crippen molar-refractivity contribution in [1.29, 1.82) is 0 Å². The standard InChI is InChI=1S/C15H19N3O3/c1-10(2)9-17-15(21)16-7-8-18-13(19)11-5-3-4-6-12(11)14(18)20/h3-6,10H,7-9H2,1-2H3,(H2,16,17,21). The van der Waals surface area contributed by atoms with Crippen LogP contribution in [0.1, 0.15) is 34.6 Å². The van der Waals surface area contributed by atoms with Gasteiger partial charge in [-0.05, 0) is 18.1 Å². The Morgan fingerprint density at radius 2 is 1.67 bits per heavy atom. The van der Waals surface area contributed by atoms with Gasteiger partial charge < -0.3 is 10.6 Å². The van der Waals surface area contributed by atoms with Crippen LogP contribution in [-0.2, 0) is 0 Å². The minimum Gasteiger partial charge on any atom is -0.338 e. The highest BCUT2D eigenvalue weighted by Crippen LogP contribution is 2.21. The molecule has 21 heavy (non-hydrogen) atoms. The summed E-state index contributed by atoms with van der Waals surface area (Å²) in [6, 6.07) is 6.44. The van der Waals surface area contributed by atoms with Gasteiger partial charge in [-0.15, -0.1) is 0 Å². The first-order valence-electron chi connectivity index (χ1n) is 6.97. The summed E-state index contributed by atoms with van der Waals surface area (Å²) in [5, 5.41) is 5.35. The number of amides is 4. The number of fused-ring (bicyclic) bond motifs is 1. The lowest BCUT2D eigenvalue weighted by molar-refractivity contribution is 0.0656. The van der Waals surface area contributed by atoms with Crippen LogP contribution in [0.15, 0.2) is 24.3 Å². The molecule has 1 aromatic carbocycles. The molecule has 2 rings (SSSR count). The largest absolute Gasteiger partial charge is 0.338 e. The Kier molecular flexibility index (Phi) is 4.57. The molecule has 1 aromatic rings. The monoisotopic (exact) mass is 289 g/mol. The van der Waals surface area contributed by atoms with E-state index in [1.54, 1.807) is 24.3 Å². The van der Waals surface area contributed by atoms with Gasteiger partial charge in [0.1, 0.15) is 0 Å². The van der Waals surface area contributed by atoms with Crippen molar-refractivity contribution in [1.82, 2.24) is 15.5 Å². The molecule has 6 nitrogen and oxygen atoms in total. The molecule has 1 aliphatic heterocycles. The Balaban J connectivity index is 1.84. The number of carbonyl (C=O) groups excluding carboxylic acids is 3. The van der Waals surface area contributed by atoms with E-state index in [1.807, 2.05) is 13.8 Å². The van der Waals surface area contributed by atoms with Crippen molar-refractivity contribution in [2.24, 2.45) is 5.92 Å². The number of rotatable bonds is 5. The van der Waals surface area contributed by atoms with Crippen molar-refractivity contribution >= 4 is 17.8 Å². The zero-order chi connectivity index (χ0) is 15.4. The van der Waals surface area contributed by atoms with Crippen LogP contribution >= 0.6 is 0 Å². The predicted molar refractivity (Wildman–Crippen MR) is 78.0 cm³/mol. The number of hydrogen-bond donors (Lipinski definition) is 2. The summed E-state index contributed by atoms with van der Waals surface area (Å²) in [7, 11) is 0. The number of hydrogen-bond acceptors (Lipinski definition) is 3. The van der Waals surface area contributed by atoms with Crippen LogP contribution in [0.3, 0.4) is 0 Å². The second kappa shape index (κ2) is 6.39. The molecule has 0 fully saturated rings.